The zero-order valence-electron chi connectivity index (χ0n) is 15.7. The van der Waals surface area contributed by atoms with Crippen LogP contribution in [0, 0.1) is 6.92 Å². The molecule has 0 N–H and O–H groups in total. The molecule has 29 heavy (non-hydrogen) atoms. The third-order valence-electron chi connectivity index (χ3n) is 4.69. The molecule has 0 saturated carbocycles. The van der Waals surface area contributed by atoms with Crippen LogP contribution < -0.4 is 4.90 Å². The summed E-state index contributed by atoms with van der Waals surface area (Å²) in [6.45, 7) is 2.36. The molecule has 3 aromatic heterocycles. The van der Waals surface area contributed by atoms with E-state index in [9.17, 15) is 4.79 Å². The van der Waals surface area contributed by atoms with Crippen molar-refractivity contribution >= 4 is 43.6 Å². The van der Waals surface area contributed by atoms with E-state index in [0.717, 1.165) is 26.9 Å². The topological polar surface area (TPSA) is 59.2 Å². The Hall–Kier alpha value is -3.51. The van der Waals surface area contributed by atoms with Gasteiger partial charge in [-0.25, -0.2) is 4.98 Å². The Morgan fingerprint density at radius 2 is 1.93 bits per heavy atom. The smallest absolute Gasteiger partial charge is 0.296 e. The molecular formula is C23H17N3O2S. The van der Waals surface area contributed by atoms with E-state index in [2.05, 4.69) is 11.1 Å². The molecule has 142 valence electrons. The van der Waals surface area contributed by atoms with Crippen LogP contribution in [0.25, 0.3) is 21.2 Å². The Balaban J connectivity index is 1.59. The molecule has 0 aliphatic carbocycles. The van der Waals surface area contributed by atoms with Crippen molar-refractivity contribution in [2.24, 2.45) is 0 Å². The van der Waals surface area contributed by atoms with E-state index in [4.69, 9.17) is 9.40 Å². The number of hydrogen-bond donors (Lipinski definition) is 0. The molecule has 0 bridgehead atoms. The number of nitrogens with zero attached hydrogens (tertiary/aromatic N) is 3. The van der Waals surface area contributed by atoms with Crippen molar-refractivity contribution in [3.05, 3.63) is 89.9 Å². The SMILES string of the molecule is Cc1ccc2nc(N(Cc3ccccn3)C(=O)c3cc4ccccc4o3)sc2c1. The van der Waals surface area contributed by atoms with Crippen LogP contribution in [0.4, 0.5) is 5.13 Å². The maximum absolute atomic E-state index is 13.4. The fraction of sp³-hybridized carbons (Fsp3) is 0.0870. The summed E-state index contributed by atoms with van der Waals surface area (Å²) in [4.78, 5) is 24.2. The van der Waals surface area contributed by atoms with Gasteiger partial charge in [0, 0.05) is 11.6 Å². The first kappa shape index (κ1) is 17.6. The molecule has 0 unspecified atom stereocenters. The number of amides is 1. The second-order valence-electron chi connectivity index (χ2n) is 6.83. The van der Waals surface area contributed by atoms with Gasteiger partial charge in [-0.05, 0) is 48.9 Å². The number of furan rings is 1. The second kappa shape index (κ2) is 7.14. The third kappa shape index (κ3) is 3.39. The fourth-order valence-electron chi connectivity index (χ4n) is 3.24. The number of anilines is 1. The number of benzene rings is 2. The molecule has 0 spiro atoms. The average Bonchev–Trinajstić information content (AvgIpc) is 3.36. The Labute approximate surface area is 171 Å². The molecule has 0 fully saturated rings. The minimum atomic E-state index is -0.234. The highest BCUT2D eigenvalue weighted by atomic mass is 32.1. The summed E-state index contributed by atoms with van der Waals surface area (Å²) in [5, 5.41) is 1.52. The van der Waals surface area contributed by atoms with Crippen molar-refractivity contribution in [3.63, 3.8) is 0 Å². The van der Waals surface area contributed by atoms with Gasteiger partial charge in [-0.1, -0.05) is 41.7 Å². The van der Waals surface area contributed by atoms with E-state index in [1.165, 1.54) is 11.3 Å². The molecule has 0 aliphatic heterocycles. The van der Waals surface area contributed by atoms with Gasteiger partial charge in [0.05, 0.1) is 22.5 Å². The van der Waals surface area contributed by atoms with Gasteiger partial charge in [-0.3, -0.25) is 14.7 Å². The van der Waals surface area contributed by atoms with Crippen LogP contribution in [0.2, 0.25) is 0 Å². The largest absolute Gasteiger partial charge is 0.451 e. The number of pyridine rings is 1. The first-order valence-corrected chi connectivity index (χ1v) is 10.1. The molecule has 5 aromatic rings. The number of carbonyl (C=O) groups excluding carboxylic acids is 1. The van der Waals surface area contributed by atoms with Gasteiger partial charge in [0.2, 0.25) is 0 Å². The summed E-state index contributed by atoms with van der Waals surface area (Å²) in [6.07, 6.45) is 1.72. The maximum Gasteiger partial charge on any atom is 0.296 e. The van der Waals surface area contributed by atoms with Gasteiger partial charge in [0.1, 0.15) is 5.58 Å². The van der Waals surface area contributed by atoms with Crippen molar-refractivity contribution in [1.29, 1.82) is 0 Å². The van der Waals surface area contributed by atoms with Gasteiger partial charge in [0.25, 0.3) is 5.91 Å². The lowest BCUT2D eigenvalue weighted by atomic mass is 10.2. The van der Waals surface area contributed by atoms with Gasteiger partial charge >= 0.3 is 0 Å². The second-order valence-corrected chi connectivity index (χ2v) is 7.84. The van der Waals surface area contributed by atoms with E-state index in [-0.39, 0.29) is 11.7 Å². The summed E-state index contributed by atoms with van der Waals surface area (Å²) in [6, 6.07) is 21.1. The number of thiazole rings is 1. The van der Waals surface area contributed by atoms with E-state index in [0.29, 0.717) is 17.3 Å². The molecule has 3 heterocycles. The monoisotopic (exact) mass is 399 g/mol. The lowest BCUT2D eigenvalue weighted by molar-refractivity contribution is 0.0960. The Morgan fingerprint density at radius 1 is 1.07 bits per heavy atom. The van der Waals surface area contributed by atoms with Gasteiger partial charge < -0.3 is 4.42 Å². The standard InChI is InChI=1S/C23H17N3O2S/c1-15-9-10-18-21(12-15)29-23(25-18)26(14-17-7-4-5-11-24-17)22(27)20-13-16-6-2-3-8-19(16)28-20/h2-13H,14H2,1H3. The molecule has 6 heteroatoms. The molecule has 1 amide bonds. The fourth-order valence-corrected chi connectivity index (χ4v) is 4.30. The van der Waals surface area contributed by atoms with Crippen molar-refractivity contribution in [1.82, 2.24) is 9.97 Å². The lowest BCUT2D eigenvalue weighted by Crippen LogP contribution is -2.30. The number of para-hydroxylation sites is 1. The van der Waals surface area contributed by atoms with Crippen LogP contribution in [-0.2, 0) is 6.54 Å². The highest BCUT2D eigenvalue weighted by Crippen LogP contribution is 2.32. The zero-order chi connectivity index (χ0) is 19.8. The van der Waals surface area contributed by atoms with Crippen molar-refractivity contribution in [2.75, 3.05) is 4.90 Å². The number of rotatable bonds is 4. The summed E-state index contributed by atoms with van der Waals surface area (Å²) in [5.41, 5.74) is 3.51. The number of carbonyl (C=O) groups is 1. The van der Waals surface area contributed by atoms with E-state index < -0.39 is 0 Å². The van der Waals surface area contributed by atoms with Crippen LogP contribution in [0.3, 0.4) is 0 Å². The van der Waals surface area contributed by atoms with Crippen LogP contribution in [0.5, 0.6) is 0 Å². The van der Waals surface area contributed by atoms with E-state index in [1.54, 1.807) is 17.2 Å². The Morgan fingerprint density at radius 3 is 2.76 bits per heavy atom. The first-order chi connectivity index (χ1) is 14.2. The molecular weight excluding hydrogens is 382 g/mol. The van der Waals surface area contributed by atoms with Gasteiger partial charge in [0.15, 0.2) is 10.9 Å². The quantitative estimate of drug-likeness (QED) is 0.395. The summed E-state index contributed by atoms with van der Waals surface area (Å²) >= 11 is 1.49. The highest BCUT2D eigenvalue weighted by Gasteiger charge is 2.25. The minimum absolute atomic E-state index is 0.234. The minimum Gasteiger partial charge on any atom is -0.451 e. The lowest BCUT2D eigenvalue weighted by Gasteiger charge is -2.18. The Bertz CT molecular complexity index is 1290. The molecule has 0 saturated heterocycles. The van der Waals surface area contributed by atoms with Crippen LogP contribution in [0.15, 0.2) is 77.3 Å². The van der Waals surface area contributed by atoms with Crippen molar-refractivity contribution in [3.8, 4) is 0 Å². The molecule has 2 aromatic carbocycles. The van der Waals surface area contributed by atoms with Gasteiger partial charge in [-0.2, -0.15) is 0 Å². The van der Waals surface area contributed by atoms with Crippen molar-refractivity contribution in [2.45, 2.75) is 13.5 Å². The molecule has 5 rings (SSSR count). The molecule has 0 radical (unpaired) electrons. The van der Waals surface area contributed by atoms with Crippen LogP contribution in [0.1, 0.15) is 21.8 Å². The van der Waals surface area contributed by atoms with Gasteiger partial charge in [-0.15, -0.1) is 0 Å². The van der Waals surface area contributed by atoms with E-state index in [1.807, 2.05) is 61.5 Å². The molecule has 0 aliphatic rings. The summed E-state index contributed by atoms with van der Waals surface area (Å²) < 4.78 is 6.87. The Kier molecular flexibility index (Phi) is 4.33. The van der Waals surface area contributed by atoms with Crippen LogP contribution in [-0.4, -0.2) is 15.9 Å². The maximum atomic E-state index is 13.4. The zero-order valence-corrected chi connectivity index (χ0v) is 16.5. The number of fused-ring (bicyclic) bond motifs is 2. The number of aromatic nitrogens is 2. The number of aryl methyl sites for hydroxylation is 1. The highest BCUT2D eigenvalue weighted by molar-refractivity contribution is 7.22. The normalized spacial score (nSPS) is 11.2. The number of hydrogen-bond acceptors (Lipinski definition) is 5. The summed E-state index contributed by atoms with van der Waals surface area (Å²) in [7, 11) is 0. The molecule has 5 nitrogen and oxygen atoms in total. The van der Waals surface area contributed by atoms with Crippen LogP contribution >= 0.6 is 11.3 Å². The summed E-state index contributed by atoms with van der Waals surface area (Å²) in [5.74, 6) is 0.0557. The van der Waals surface area contributed by atoms with E-state index >= 15 is 0 Å². The average molecular weight is 399 g/mol. The predicted molar refractivity (Wildman–Crippen MR) is 115 cm³/mol. The first-order valence-electron chi connectivity index (χ1n) is 9.25. The van der Waals surface area contributed by atoms with Crippen molar-refractivity contribution < 1.29 is 9.21 Å². The third-order valence-corrected chi connectivity index (χ3v) is 5.73. The molecule has 0 atom stereocenters. The predicted octanol–water partition coefficient (Wildman–Crippen LogP) is 5.59.